The average Bonchev–Trinajstić information content (AvgIpc) is 1.53. The molecule has 1 aliphatic carbocycles. The lowest BCUT2D eigenvalue weighted by atomic mass is 9.90. The maximum Gasteiger partial charge on any atom is 0.380 e. The second kappa shape index (κ2) is 38.1. The van der Waals surface area contributed by atoms with Gasteiger partial charge in [-0.2, -0.15) is 26.3 Å². The molecule has 5 rings (SSSR count). The van der Waals surface area contributed by atoms with Gasteiger partial charge in [-0.3, -0.25) is 0 Å². The number of hydrogen-bond donors (Lipinski definition) is 4. The molecule has 4 N–H and O–H groups in total. The monoisotopic (exact) mass is 1260 g/mol. The van der Waals surface area contributed by atoms with Gasteiger partial charge in [-0.1, -0.05) is 182 Å². The number of halogens is 6. The van der Waals surface area contributed by atoms with E-state index in [1.165, 1.54) is 169 Å². The third-order valence-corrected chi connectivity index (χ3v) is 19.3. The van der Waals surface area contributed by atoms with Crippen molar-refractivity contribution in [2.24, 2.45) is 11.8 Å². The molecule has 4 aromatic rings. The van der Waals surface area contributed by atoms with Crippen LogP contribution in [0.1, 0.15) is 239 Å². The van der Waals surface area contributed by atoms with Crippen LogP contribution in [0.3, 0.4) is 0 Å². The van der Waals surface area contributed by atoms with Crippen LogP contribution >= 0.6 is 22.7 Å². The van der Waals surface area contributed by atoms with Crippen molar-refractivity contribution in [1.29, 1.82) is 0 Å². The van der Waals surface area contributed by atoms with Crippen molar-refractivity contribution >= 4 is 45.9 Å². The van der Waals surface area contributed by atoms with Crippen molar-refractivity contribution in [1.82, 2.24) is 21.3 Å². The molecule has 1 aliphatic rings. The number of carbonyl (C=O) groups is 2. The number of benzene rings is 2. The lowest BCUT2D eigenvalue weighted by Gasteiger charge is -2.26. The van der Waals surface area contributed by atoms with Gasteiger partial charge in [0, 0.05) is 68.0 Å². The first-order chi connectivity index (χ1) is 41.7. The molecule has 8 nitrogen and oxygen atoms in total. The zero-order valence-electron chi connectivity index (χ0n) is 54.0. The molecular formula is C71H106F6N4O4S2. The second-order valence-corrected chi connectivity index (χ2v) is 27.6. The molecule has 0 atom stereocenters. The Balaban J connectivity index is 1.04. The van der Waals surface area contributed by atoms with Gasteiger partial charge in [0.25, 0.3) is 0 Å². The Morgan fingerprint density at radius 2 is 0.667 bits per heavy atom. The molecule has 0 saturated heterocycles. The number of ether oxygens (including phenoxy) is 2. The molecule has 87 heavy (non-hydrogen) atoms. The molecule has 0 aliphatic heterocycles. The molecular weight excluding hydrogens is 1150 g/mol. The van der Waals surface area contributed by atoms with Crippen molar-refractivity contribution in [3.63, 3.8) is 0 Å². The number of urea groups is 2. The van der Waals surface area contributed by atoms with Gasteiger partial charge in [0.2, 0.25) is 0 Å². The summed E-state index contributed by atoms with van der Waals surface area (Å²) in [5.74, 6) is -13.4. The molecule has 0 saturated carbocycles. The zero-order chi connectivity index (χ0) is 63.2. The van der Waals surface area contributed by atoms with Crippen LogP contribution in [-0.4, -0.2) is 69.2 Å². The van der Waals surface area contributed by atoms with Crippen molar-refractivity contribution in [2.75, 3.05) is 39.4 Å². The molecule has 4 amide bonds. The maximum absolute atomic E-state index is 16.4. The van der Waals surface area contributed by atoms with E-state index in [1.807, 2.05) is 0 Å². The fourth-order valence-electron chi connectivity index (χ4n) is 11.7. The van der Waals surface area contributed by atoms with Crippen LogP contribution in [0.2, 0.25) is 0 Å². The van der Waals surface area contributed by atoms with Gasteiger partial charge in [-0.15, -0.1) is 22.7 Å². The number of hydrogen-bond acceptors (Lipinski definition) is 6. The number of allylic oxidation sites excluding steroid dienone is 2. The van der Waals surface area contributed by atoms with Gasteiger partial charge in [-0.05, 0) is 136 Å². The van der Waals surface area contributed by atoms with Crippen LogP contribution < -0.4 is 30.7 Å². The first-order valence-electron chi connectivity index (χ1n) is 33.3. The third-order valence-electron chi connectivity index (χ3n) is 16.8. The Kier molecular flexibility index (Phi) is 32.0. The van der Waals surface area contributed by atoms with Gasteiger partial charge in [0.05, 0.1) is 13.2 Å². The number of nitrogens with one attached hydrogen (secondary N) is 4. The number of alkyl halides is 6. The van der Waals surface area contributed by atoms with Crippen LogP contribution in [0.15, 0.2) is 48.5 Å². The lowest BCUT2D eigenvalue weighted by Crippen LogP contribution is -2.49. The number of rotatable bonds is 44. The summed E-state index contributed by atoms with van der Waals surface area (Å²) in [5.41, 5.74) is -1.76. The summed E-state index contributed by atoms with van der Waals surface area (Å²) < 4.78 is 109. The Hall–Kier alpha value is -4.70. The Morgan fingerprint density at radius 1 is 0.402 bits per heavy atom. The molecule has 0 radical (unpaired) electrons. The first-order valence-corrected chi connectivity index (χ1v) is 34.9. The number of carbonyl (C=O) groups excluding carboxylic acids is 2. The Bertz CT molecular complexity index is 2490. The van der Waals surface area contributed by atoms with E-state index >= 15 is 26.3 Å². The van der Waals surface area contributed by atoms with Crippen molar-refractivity contribution in [3.05, 3.63) is 80.5 Å². The lowest BCUT2D eigenvalue weighted by molar-refractivity contribution is -0.254. The molecule has 0 fully saturated rings. The van der Waals surface area contributed by atoms with Gasteiger partial charge in [-0.25, -0.2) is 9.59 Å². The highest BCUT2D eigenvalue weighted by atomic mass is 32.1. The summed E-state index contributed by atoms with van der Waals surface area (Å²) in [6, 6.07) is 13.3. The van der Waals surface area contributed by atoms with E-state index in [1.54, 1.807) is 48.5 Å². The quantitative estimate of drug-likeness (QED) is 0.0262. The predicted molar refractivity (Wildman–Crippen MR) is 353 cm³/mol. The van der Waals surface area contributed by atoms with Crippen molar-refractivity contribution < 1.29 is 45.4 Å². The fourth-order valence-corrected chi connectivity index (χ4v) is 14.1. The molecule has 2 heterocycles. The topological polar surface area (TPSA) is 101 Å². The van der Waals surface area contributed by atoms with Crippen LogP contribution in [0.25, 0.3) is 32.0 Å². The first kappa shape index (κ1) is 73.0. The number of thiophene rings is 2. The van der Waals surface area contributed by atoms with Crippen LogP contribution in [0.5, 0.6) is 11.5 Å². The summed E-state index contributed by atoms with van der Waals surface area (Å²) in [6.45, 7) is 17.9. The summed E-state index contributed by atoms with van der Waals surface area (Å²) >= 11 is 2.17. The van der Waals surface area contributed by atoms with Crippen molar-refractivity contribution in [3.8, 4) is 32.4 Å². The molecule has 2 aromatic carbocycles. The zero-order valence-corrected chi connectivity index (χ0v) is 55.7. The standard InChI is InChI=1S/C71H106F6N4O4S2/c1-51(2)35-29-25-21-17-13-9-11-15-19-23-27-31-45-78-67(82)80-47-33-49-84-59-41-37-57(38-42-59)65-53(5)61(55(7)86-65)63-64(70(74,75)71(76,77)69(63,72)73)62-54(6)66(87-56(62)8)58-39-43-60(44-40-58)85-50-34-48-81-68(83)79-46-32-28-24-20-16-12-10-14-18-22-26-30-36-52(3)4/h37-44,51-52H,9-36,45-50H2,1-8H3,(H2,78,80,82)(H2,79,81,83). The summed E-state index contributed by atoms with van der Waals surface area (Å²) in [5, 5.41) is 11.6. The fraction of sp³-hybridized carbons (Fsp3) is 0.662. The normalized spacial score (nSPS) is 14.3. The molecule has 16 heteroatoms. The van der Waals surface area contributed by atoms with E-state index in [0.717, 1.165) is 60.2 Å². The SMILES string of the molecule is Cc1sc(-c2ccc(OCCCNC(=O)NCCCCCCCCCCCCCCC(C)C)cc2)c(C)c1C1=C(c2c(C)sc(-c3ccc(OCCCNC(=O)NCCCCCCCCCCCCCCC(C)C)cc3)c2C)C(F)(F)C(F)(F)C1(F)F. The Labute approximate surface area is 527 Å². The highest BCUT2D eigenvalue weighted by molar-refractivity contribution is 7.16. The Morgan fingerprint density at radius 3 is 0.954 bits per heavy atom. The molecule has 2 aromatic heterocycles. The van der Waals surface area contributed by atoms with Gasteiger partial charge >= 0.3 is 29.8 Å². The van der Waals surface area contributed by atoms with Gasteiger partial charge in [0.15, 0.2) is 0 Å². The minimum atomic E-state index is -5.71. The van der Waals surface area contributed by atoms with Gasteiger partial charge in [0.1, 0.15) is 11.5 Å². The van der Waals surface area contributed by atoms with E-state index in [-0.39, 0.29) is 44.1 Å². The molecule has 0 spiro atoms. The molecule has 488 valence electrons. The highest BCUT2D eigenvalue weighted by Gasteiger charge is 2.80. The van der Waals surface area contributed by atoms with E-state index in [2.05, 4.69) is 49.0 Å². The van der Waals surface area contributed by atoms with E-state index < -0.39 is 28.9 Å². The van der Waals surface area contributed by atoms with E-state index in [9.17, 15) is 9.59 Å². The smallest absolute Gasteiger partial charge is 0.380 e. The van der Waals surface area contributed by atoms with Crippen LogP contribution in [0.4, 0.5) is 35.9 Å². The number of unbranched alkanes of at least 4 members (excludes halogenated alkanes) is 22. The number of amides is 4. The predicted octanol–water partition coefficient (Wildman–Crippen LogP) is 21.8. The second-order valence-electron chi connectivity index (χ2n) is 25.1. The molecule has 0 unspecified atom stereocenters. The minimum Gasteiger partial charge on any atom is -0.494 e. The summed E-state index contributed by atoms with van der Waals surface area (Å²) in [6.07, 6.45) is 34.1. The third kappa shape index (κ3) is 22.9. The van der Waals surface area contributed by atoms with E-state index in [0.29, 0.717) is 84.6 Å². The van der Waals surface area contributed by atoms with E-state index in [4.69, 9.17) is 9.47 Å². The highest BCUT2D eigenvalue weighted by Crippen LogP contribution is 2.67. The van der Waals surface area contributed by atoms with Crippen LogP contribution in [-0.2, 0) is 0 Å². The largest absolute Gasteiger partial charge is 0.494 e. The minimum absolute atomic E-state index is 0.195. The van der Waals surface area contributed by atoms with Crippen LogP contribution in [0, 0.1) is 39.5 Å². The molecule has 0 bridgehead atoms. The summed E-state index contributed by atoms with van der Waals surface area (Å²) in [7, 11) is 0. The summed E-state index contributed by atoms with van der Waals surface area (Å²) in [4.78, 5) is 26.1. The van der Waals surface area contributed by atoms with Crippen molar-refractivity contribution in [2.45, 2.75) is 253 Å². The maximum atomic E-state index is 16.4. The van der Waals surface area contributed by atoms with Gasteiger partial charge < -0.3 is 30.7 Å². The average molecular weight is 1260 g/mol. The number of aryl methyl sites for hydroxylation is 2.